The van der Waals surface area contributed by atoms with Crippen molar-refractivity contribution in [1.29, 1.82) is 0 Å². The van der Waals surface area contributed by atoms with Gasteiger partial charge in [-0.25, -0.2) is 0 Å². The van der Waals surface area contributed by atoms with Gasteiger partial charge in [0.05, 0.1) is 6.54 Å². The number of hydrogen-bond donors (Lipinski definition) is 1. The number of anilines is 1. The van der Waals surface area contributed by atoms with E-state index in [4.69, 9.17) is 0 Å². The summed E-state index contributed by atoms with van der Waals surface area (Å²) in [7, 11) is 1.88. The molecule has 0 unspecified atom stereocenters. The Kier molecular flexibility index (Phi) is 6.01. The second-order valence-electron chi connectivity index (χ2n) is 7.46. The summed E-state index contributed by atoms with van der Waals surface area (Å²) in [4.78, 5) is 19.0. The van der Waals surface area contributed by atoms with Crippen molar-refractivity contribution < 1.29 is 9.90 Å². The Morgan fingerprint density at radius 1 is 1.04 bits per heavy atom. The van der Waals surface area contributed by atoms with Crippen molar-refractivity contribution in [1.82, 2.24) is 9.80 Å². The van der Waals surface area contributed by atoms with Crippen LogP contribution < -0.4 is 4.90 Å². The number of likely N-dealkylation sites (N-methyl/N-ethyl adjacent to an activating group) is 1. The molecule has 1 saturated heterocycles. The van der Waals surface area contributed by atoms with Gasteiger partial charge in [0.1, 0.15) is 5.75 Å². The predicted octanol–water partition coefficient (Wildman–Crippen LogP) is 2.79. The van der Waals surface area contributed by atoms with Crippen LogP contribution in [0, 0.1) is 13.8 Å². The van der Waals surface area contributed by atoms with E-state index in [0.717, 1.165) is 31.9 Å². The molecule has 2 aromatic rings. The maximum Gasteiger partial charge on any atom is 0.236 e. The van der Waals surface area contributed by atoms with Crippen molar-refractivity contribution in [2.45, 2.75) is 20.4 Å². The van der Waals surface area contributed by atoms with Crippen molar-refractivity contribution >= 4 is 11.6 Å². The Hall–Kier alpha value is -2.53. The van der Waals surface area contributed by atoms with Crippen molar-refractivity contribution in [3.63, 3.8) is 0 Å². The molecule has 5 heteroatoms. The van der Waals surface area contributed by atoms with E-state index in [-0.39, 0.29) is 11.7 Å². The lowest BCUT2D eigenvalue weighted by molar-refractivity contribution is -0.131. The molecule has 0 aliphatic carbocycles. The Morgan fingerprint density at radius 2 is 1.70 bits per heavy atom. The first-order chi connectivity index (χ1) is 12.9. The van der Waals surface area contributed by atoms with Crippen molar-refractivity contribution in [2.24, 2.45) is 0 Å². The number of aryl methyl sites for hydroxylation is 2. The van der Waals surface area contributed by atoms with Crippen molar-refractivity contribution in [3.05, 3.63) is 59.2 Å². The number of nitrogens with zero attached hydrogens (tertiary/aromatic N) is 3. The van der Waals surface area contributed by atoms with E-state index in [9.17, 15) is 9.90 Å². The van der Waals surface area contributed by atoms with Crippen LogP contribution in [0.1, 0.15) is 16.7 Å². The lowest BCUT2D eigenvalue weighted by Gasteiger charge is -2.36. The minimum Gasteiger partial charge on any atom is -0.508 e. The molecule has 0 spiro atoms. The average Bonchev–Trinajstić information content (AvgIpc) is 2.65. The largest absolute Gasteiger partial charge is 0.508 e. The smallest absolute Gasteiger partial charge is 0.236 e. The Morgan fingerprint density at radius 3 is 2.33 bits per heavy atom. The maximum absolute atomic E-state index is 12.6. The predicted molar refractivity (Wildman–Crippen MR) is 109 cm³/mol. The van der Waals surface area contributed by atoms with Gasteiger partial charge in [-0.2, -0.15) is 0 Å². The molecule has 0 radical (unpaired) electrons. The van der Waals surface area contributed by atoms with Crippen molar-refractivity contribution in [2.75, 3.05) is 44.7 Å². The Labute approximate surface area is 161 Å². The van der Waals surface area contributed by atoms with Crippen LogP contribution in [0.2, 0.25) is 0 Å². The number of rotatable bonds is 5. The van der Waals surface area contributed by atoms with Gasteiger partial charge in [-0.15, -0.1) is 0 Å². The highest BCUT2D eigenvalue weighted by atomic mass is 16.3. The van der Waals surface area contributed by atoms with Crippen LogP contribution in [0.25, 0.3) is 0 Å². The number of amides is 1. The van der Waals surface area contributed by atoms with Gasteiger partial charge in [0.25, 0.3) is 0 Å². The number of carbonyl (C=O) groups excluding carboxylic acids is 1. The van der Waals surface area contributed by atoms with E-state index in [2.05, 4.69) is 41.8 Å². The molecule has 0 bridgehead atoms. The normalized spacial score (nSPS) is 15.0. The molecule has 1 aliphatic heterocycles. The second kappa shape index (κ2) is 8.44. The van der Waals surface area contributed by atoms with Gasteiger partial charge in [-0.3, -0.25) is 9.69 Å². The highest BCUT2D eigenvalue weighted by Gasteiger charge is 2.21. The summed E-state index contributed by atoms with van der Waals surface area (Å²) < 4.78 is 0. The number of piperazine rings is 1. The number of benzene rings is 2. The van der Waals surface area contributed by atoms with Crippen LogP contribution in [0.4, 0.5) is 5.69 Å². The van der Waals surface area contributed by atoms with E-state index < -0.39 is 0 Å². The van der Waals surface area contributed by atoms with Crippen LogP contribution >= 0.6 is 0 Å². The Balaban J connectivity index is 1.49. The molecule has 0 aromatic heterocycles. The zero-order valence-electron chi connectivity index (χ0n) is 16.5. The summed E-state index contributed by atoms with van der Waals surface area (Å²) in [6.07, 6.45) is 0. The van der Waals surface area contributed by atoms with Crippen LogP contribution in [0.3, 0.4) is 0 Å². The third kappa shape index (κ3) is 5.01. The van der Waals surface area contributed by atoms with Gasteiger partial charge in [-0.05, 0) is 49.2 Å². The molecule has 5 nitrogen and oxygen atoms in total. The summed E-state index contributed by atoms with van der Waals surface area (Å²) in [6.45, 7) is 8.81. The molecule has 27 heavy (non-hydrogen) atoms. The quantitative estimate of drug-likeness (QED) is 0.883. The van der Waals surface area contributed by atoms with E-state index in [0.29, 0.717) is 13.1 Å². The lowest BCUT2D eigenvalue weighted by Crippen LogP contribution is -2.49. The molecule has 3 rings (SSSR count). The molecule has 1 N–H and O–H groups in total. The standard InChI is InChI=1S/C22H29N3O2/c1-17-4-5-19(18(2)14-17)15-23(3)22(27)16-24-10-12-25(13-11-24)20-6-8-21(26)9-7-20/h4-9,14,26H,10-13,15-16H2,1-3H3. The minimum absolute atomic E-state index is 0.160. The van der Waals surface area contributed by atoms with Gasteiger partial charge >= 0.3 is 0 Å². The number of carbonyl (C=O) groups is 1. The van der Waals surface area contributed by atoms with Crippen LogP contribution in [0.15, 0.2) is 42.5 Å². The van der Waals surface area contributed by atoms with Crippen LogP contribution in [0.5, 0.6) is 5.75 Å². The topological polar surface area (TPSA) is 47.0 Å². The summed E-state index contributed by atoms with van der Waals surface area (Å²) >= 11 is 0. The SMILES string of the molecule is Cc1ccc(CN(C)C(=O)CN2CCN(c3ccc(O)cc3)CC2)c(C)c1. The molecule has 0 saturated carbocycles. The number of hydrogen-bond acceptors (Lipinski definition) is 4. The van der Waals surface area contributed by atoms with Gasteiger partial charge in [0.2, 0.25) is 5.91 Å². The van der Waals surface area contributed by atoms with Crippen LogP contribution in [-0.2, 0) is 11.3 Å². The zero-order chi connectivity index (χ0) is 19.4. The van der Waals surface area contributed by atoms with E-state index in [1.54, 1.807) is 12.1 Å². The van der Waals surface area contributed by atoms with E-state index in [1.165, 1.54) is 16.7 Å². The van der Waals surface area contributed by atoms with Gasteiger partial charge in [0.15, 0.2) is 0 Å². The summed E-state index contributed by atoms with van der Waals surface area (Å²) in [5.74, 6) is 0.447. The molecule has 144 valence electrons. The Bertz CT molecular complexity index is 781. The molecular weight excluding hydrogens is 338 g/mol. The summed E-state index contributed by atoms with van der Waals surface area (Å²) in [5.41, 5.74) is 4.80. The average molecular weight is 367 g/mol. The zero-order valence-corrected chi connectivity index (χ0v) is 16.5. The third-order valence-electron chi connectivity index (χ3n) is 5.28. The fourth-order valence-corrected chi connectivity index (χ4v) is 3.51. The fraction of sp³-hybridized carbons (Fsp3) is 0.409. The van der Waals surface area contributed by atoms with Gasteiger partial charge < -0.3 is 14.9 Å². The number of phenols is 1. The second-order valence-corrected chi connectivity index (χ2v) is 7.46. The fourth-order valence-electron chi connectivity index (χ4n) is 3.51. The number of phenolic OH excluding ortho intramolecular Hbond substituents is 1. The van der Waals surface area contributed by atoms with E-state index in [1.807, 2.05) is 24.1 Å². The minimum atomic E-state index is 0.160. The van der Waals surface area contributed by atoms with Gasteiger partial charge in [-0.1, -0.05) is 23.8 Å². The van der Waals surface area contributed by atoms with E-state index >= 15 is 0 Å². The molecule has 1 heterocycles. The molecule has 1 aliphatic rings. The highest BCUT2D eigenvalue weighted by Crippen LogP contribution is 2.20. The lowest BCUT2D eigenvalue weighted by atomic mass is 10.1. The maximum atomic E-state index is 12.6. The summed E-state index contributed by atoms with van der Waals surface area (Å²) in [5, 5.41) is 9.42. The third-order valence-corrected chi connectivity index (χ3v) is 5.28. The first-order valence-corrected chi connectivity index (χ1v) is 9.49. The first kappa shape index (κ1) is 19.2. The summed E-state index contributed by atoms with van der Waals surface area (Å²) in [6, 6.07) is 13.7. The molecule has 2 aromatic carbocycles. The monoisotopic (exact) mass is 367 g/mol. The van der Waals surface area contributed by atoms with Crippen LogP contribution in [-0.4, -0.2) is 60.6 Å². The molecule has 1 fully saturated rings. The molecule has 1 amide bonds. The van der Waals surface area contributed by atoms with Crippen molar-refractivity contribution in [3.8, 4) is 5.75 Å². The van der Waals surface area contributed by atoms with Gasteiger partial charge in [0, 0.05) is 45.5 Å². The first-order valence-electron chi connectivity index (χ1n) is 9.49. The number of aromatic hydroxyl groups is 1. The molecule has 0 atom stereocenters. The highest BCUT2D eigenvalue weighted by molar-refractivity contribution is 5.78. The molecular formula is C22H29N3O2.